The van der Waals surface area contributed by atoms with Crippen molar-refractivity contribution in [2.24, 2.45) is 0 Å². The van der Waals surface area contributed by atoms with Crippen molar-refractivity contribution in [1.82, 2.24) is 0 Å². The van der Waals surface area contributed by atoms with E-state index in [1.54, 1.807) is 6.07 Å². The van der Waals surface area contributed by atoms with E-state index >= 15 is 0 Å². The number of hydrogen-bond donors (Lipinski definition) is 1. The van der Waals surface area contributed by atoms with Crippen molar-refractivity contribution in [2.45, 2.75) is 32.3 Å². The number of aliphatic hydroxyl groups is 1. The quantitative estimate of drug-likeness (QED) is 0.893. The van der Waals surface area contributed by atoms with Gasteiger partial charge in [-0.3, -0.25) is 0 Å². The first-order valence-electron chi connectivity index (χ1n) is 4.11. The van der Waals surface area contributed by atoms with Crippen molar-refractivity contribution in [3.8, 4) is 0 Å². The van der Waals surface area contributed by atoms with Gasteiger partial charge in [-0.25, -0.2) is 8.78 Å². The van der Waals surface area contributed by atoms with E-state index in [9.17, 15) is 13.9 Å². The van der Waals surface area contributed by atoms with E-state index in [0.29, 0.717) is 5.56 Å². The average molecular weight is 285 g/mol. The molecular formula is C9H11BrF2OS. The number of halogens is 3. The van der Waals surface area contributed by atoms with Crippen LogP contribution in [-0.2, 0) is 0 Å². The van der Waals surface area contributed by atoms with Gasteiger partial charge in [0.1, 0.15) is 0 Å². The summed E-state index contributed by atoms with van der Waals surface area (Å²) in [5, 5.41) is 9.56. The maximum atomic E-state index is 12.6. The molecular weight excluding hydrogens is 274 g/mol. The Kier molecular flexibility index (Phi) is 3.66. The molecule has 0 radical (unpaired) electrons. The van der Waals surface area contributed by atoms with Gasteiger partial charge in [0.15, 0.2) is 0 Å². The van der Waals surface area contributed by atoms with Crippen LogP contribution in [0.4, 0.5) is 8.78 Å². The molecule has 80 valence electrons. The summed E-state index contributed by atoms with van der Waals surface area (Å²) in [6, 6.07) is 1.69. The van der Waals surface area contributed by atoms with Gasteiger partial charge < -0.3 is 5.11 Å². The van der Waals surface area contributed by atoms with Gasteiger partial charge in [0.25, 0.3) is 0 Å². The lowest BCUT2D eigenvalue weighted by molar-refractivity contribution is -0.0284. The van der Waals surface area contributed by atoms with Crippen molar-refractivity contribution < 1.29 is 13.9 Å². The zero-order valence-corrected chi connectivity index (χ0v) is 10.3. The van der Waals surface area contributed by atoms with Crippen LogP contribution in [0.3, 0.4) is 0 Å². The maximum Gasteiger partial charge on any atom is 0.248 e. The summed E-state index contributed by atoms with van der Waals surface area (Å²) in [7, 11) is 0. The highest BCUT2D eigenvalue weighted by molar-refractivity contribution is 9.11. The molecule has 0 aliphatic rings. The highest BCUT2D eigenvalue weighted by Crippen LogP contribution is 2.35. The molecule has 0 saturated carbocycles. The van der Waals surface area contributed by atoms with Crippen LogP contribution in [0.25, 0.3) is 0 Å². The van der Waals surface area contributed by atoms with Gasteiger partial charge in [-0.2, -0.15) is 0 Å². The van der Waals surface area contributed by atoms with Crippen molar-refractivity contribution in [1.29, 1.82) is 0 Å². The summed E-state index contributed by atoms with van der Waals surface area (Å²) < 4.78 is 26.1. The third-order valence-electron chi connectivity index (χ3n) is 1.84. The minimum absolute atomic E-state index is 0.531. The topological polar surface area (TPSA) is 20.2 Å². The van der Waals surface area contributed by atoms with Gasteiger partial charge in [-0.05, 0) is 41.4 Å². The molecule has 1 rings (SSSR count). The monoisotopic (exact) mass is 284 g/mol. The molecule has 0 saturated heterocycles. The van der Waals surface area contributed by atoms with Crippen LogP contribution in [-0.4, -0.2) is 11.0 Å². The largest absolute Gasteiger partial charge is 0.388 e. The number of alkyl halides is 2. The van der Waals surface area contributed by atoms with Gasteiger partial charge in [0.05, 0.1) is 9.89 Å². The number of rotatable bonds is 3. The zero-order valence-electron chi connectivity index (χ0n) is 7.85. The fourth-order valence-electron chi connectivity index (χ4n) is 1.24. The van der Waals surface area contributed by atoms with E-state index in [-0.39, 0.29) is 0 Å². The van der Waals surface area contributed by atoms with Crippen LogP contribution in [0.5, 0.6) is 0 Å². The molecule has 0 spiro atoms. The van der Waals surface area contributed by atoms with E-state index in [0.717, 1.165) is 15.6 Å². The molecule has 1 nitrogen and oxygen atoms in total. The summed E-state index contributed by atoms with van der Waals surface area (Å²) in [6.07, 6.45) is -1.62. The number of hydrogen-bond acceptors (Lipinski definition) is 2. The number of aliphatic hydroxyl groups excluding tert-OH is 1. The van der Waals surface area contributed by atoms with Gasteiger partial charge >= 0.3 is 0 Å². The molecule has 0 amide bonds. The van der Waals surface area contributed by atoms with Crippen molar-refractivity contribution >= 4 is 27.3 Å². The molecule has 0 aromatic carbocycles. The first kappa shape index (κ1) is 12.1. The van der Waals surface area contributed by atoms with Crippen LogP contribution in [0.2, 0.25) is 0 Å². The lowest BCUT2D eigenvalue weighted by Crippen LogP contribution is -2.15. The standard InChI is InChI=1S/C9H11BrF2OS/c1-5-6(3-8(10)14-5)7(13)4-9(2,11)12/h3,7,13H,4H2,1-2H3. The zero-order chi connectivity index (χ0) is 10.9. The lowest BCUT2D eigenvalue weighted by Gasteiger charge is -2.15. The summed E-state index contributed by atoms with van der Waals surface area (Å²) in [5.41, 5.74) is 0.586. The third kappa shape index (κ3) is 3.29. The van der Waals surface area contributed by atoms with Crippen LogP contribution >= 0.6 is 27.3 Å². The molecule has 1 aromatic heterocycles. The number of thiophene rings is 1. The summed E-state index contributed by atoms with van der Waals surface area (Å²) in [5.74, 6) is -2.83. The van der Waals surface area contributed by atoms with Crippen LogP contribution in [0.15, 0.2) is 9.85 Å². The molecule has 0 fully saturated rings. The minimum atomic E-state index is -2.83. The SMILES string of the molecule is Cc1sc(Br)cc1C(O)CC(C)(F)F. The fraction of sp³-hybridized carbons (Fsp3) is 0.556. The van der Waals surface area contributed by atoms with Crippen LogP contribution < -0.4 is 0 Å². The van der Waals surface area contributed by atoms with E-state index < -0.39 is 18.4 Å². The molecule has 1 heterocycles. The Balaban J connectivity index is 2.79. The molecule has 5 heteroatoms. The Labute approximate surface area is 93.9 Å². The average Bonchev–Trinajstić information content (AvgIpc) is 2.26. The van der Waals surface area contributed by atoms with Crippen LogP contribution in [0, 0.1) is 6.92 Å². The molecule has 0 bridgehead atoms. The fourth-order valence-corrected chi connectivity index (χ4v) is 3.01. The minimum Gasteiger partial charge on any atom is -0.388 e. The second-order valence-electron chi connectivity index (χ2n) is 3.35. The Hall–Kier alpha value is -0.0000000000000000833. The van der Waals surface area contributed by atoms with Crippen molar-refractivity contribution in [3.63, 3.8) is 0 Å². The van der Waals surface area contributed by atoms with Gasteiger partial charge in [-0.15, -0.1) is 11.3 Å². The third-order valence-corrected chi connectivity index (χ3v) is 3.41. The van der Waals surface area contributed by atoms with E-state index in [1.165, 1.54) is 11.3 Å². The lowest BCUT2D eigenvalue weighted by atomic mass is 10.1. The van der Waals surface area contributed by atoms with Crippen molar-refractivity contribution in [3.05, 3.63) is 20.3 Å². The van der Waals surface area contributed by atoms with E-state index in [2.05, 4.69) is 15.9 Å². The van der Waals surface area contributed by atoms with Gasteiger partial charge in [-0.1, -0.05) is 0 Å². The van der Waals surface area contributed by atoms with E-state index in [4.69, 9.17) is 0 Å². The summed E-state index contributed by atoms with van der Waals surface area (Å²) >= 11 is 4.69. The van der Waals surface area contributed by atoms with Gasteiger partial charge in [0, 0.05) is 11.3 Å². The second-order valence-corrected chi connectivity index (χ2v) is 5.99. The highest BCUT2D eigenvalue weighted by Gasteiger charge is 2.27. The molecule has 0 aliphatic carbocycles. The van der Waals surface area contributed by atoms with Crippen LogP contribution in [0.1, 0.15) is 29.9 Å². The molecule has 1 N–H and O–H groups in total. The molecule has 1 aromatic rings. The molecule has 14 heavy (non-hydrogen) atoms. The highest BCUT2D eigenvalue weighted by atomic mass is 79.9. The number of aryl methyl sites for hydroxylation is 1. The Bertz CT molecular complexity index is 319. The Morgan fingerprint density at radius 1 is 1.64 bits per heavy atom. The molecule has 0 aliphatic heterocycles. The normalized spacial score (nSPS) is 14.4. The Morgan fingerprint density at radius 2 is 2.21 bits per heavy atom. The van der Waals surface area contributed by atoms with E-state index in [1.807, 2.05) is 6.92 Å². The smallest absolute Gasteiger partial charge is 0.248 e. The molecule has 1 atom stereocenters. The summed E-state index contributed by atoms with van der Waals surface area (Å²) in [4.78, 5) is 0.869. The predicted molar refractivity (Wildman–Crippen MR) is 57.0 cm³/mol. The first-order chi connectivity index (χ1) is 6.29. The predicted octanol–water partition coefficient (Wildman–Crippen LogP) is 3.90. The molecule has 1 unspecified atom stereocenters. The van der Waals surface area contributed by atoms with Gasteiger partial charge in [0.2, 0.25) is 5.92 Å². The first-order valence-corrected chi connectivity index (χ1v) is 5.72. The van der Waals surface area contributed by atoms with Crippen molar-refractivity contribution in [2.75, 3.05) is 0 Å². The second kappa shape index (κ2) is 4.24. The maximum absolute atomic E-state index is 12.6. The summed E-state index contributed by atoms with van der Waals surface area (Å²) in [6.45, 7) is 2.62. The Morgan fingerprint density at radius 3 is 2.57 bits per heavy atom.